The average molecular weight is 500 g/mol. The van der Waals surface area contributed by atoms with Crippen LogP contribution in [0, 0.1) is 0 Å². The predicted molar refractivity (Wildman–Crippen MR) is 133 cm³/mol. The lowest BCUT2D eigenvalue weighted by molar-refractivity contribution is 0.0792. The van der Waals surface area contributed by atoms with Crippen LogP contribution in [-0.2, 0) is 16.6 Å². The number of ether oxygens (including phenoxy) is 1. The van der Waals surface area contributed by atoms with Crippen molar-refractivity contribution in [3.63, 3.8) is 0 Å². The largest absolute Gasteiger partial charge is 0.496 e. The molecule has 2 aliphatic rings. The number of likely N-dealkylation sites (tertiary alicyclic amines) is 1. The monoisotopic (exact) mass is 499 g/mol. The zero-order valence-electron chi connectivity index (χ0n) is 20.2. The van der Waals surface area contributed by atoms with Crippen LogP contribution >= 0.6 is 0 Å². The van der Waals surface area contributed by atoms with Crippen molar-refractivity contribution in [2.24, 2.45) is 0 Å². The molecule has 0 aromatic heterocycles. The van der Waals surface area contributed by atoms with Gasteiger partial charge >= 0.3 is 0 Å². The molecule has 9 heteroatoms. The van der Waals surface area contributed by atoms with Crippen LogP contribution in [0.1, 0.15) is 64.8 Å². The van der Waals surface area contributed by atoms with Gasteiger partial charge in [-0.3, -0.25) is 9.59 Å². The fraction of sp³-hybridized carbons (Fsp3) is 0.462. The first-order valence-corrected chi connectivity index (χ1v) is 13.7. The highest BCUT2D eigenvalue weighted by molar-refractivity contribution is 7.89. The number of carbonyl (C=O) groups is 2. The maximum Gasteiger partial charge on any atom is 0.255 e. The number of nitrogens with zero attached hydrogens (tertiary/aromatic N) is 2. The van der Waals surface area contributed by atoms with E-state index < -0.39 is 15.9 Å². The number of nitrogens with one attached hydrogen (secondary N) is 1. The molecule has 0 radical (unpaired) electrons. The third kappa shape index (κ3) is 5.85. The number of rotatable bonds is 7. The Morgan fingerprint density at radius 1 is 0.886 bits per heavy atom. The van der Waals surface area contributed by atoms with E-state index in [2.05, 4.69) is 5.32 Å². The molecular formula is C26H33N3O5S. The molecule has 2 fully saturated rings. The third-order valence-electron chi connectivity index (χ3n) is 6.67. The van der Waals surface area contributed by atoms with E-state index in [9.17, 15) is 18.0 Å². The van der Waals surface area contributed by atoms with E-state index in [0.717, 1.165) is 57.2 Å². The van der Waals surface area contributed by atoms with Crippen molar-refractivity contribution in [3.8, 4) is 5.75 Å². The second-order valence-corrected chi connectivity index (χ2v) is 11.0. The fourth-order valence-electron chi connectivity index (χ4n) is 4.60. The molecule has 2 saturated heterocycles. The van der Waals surface area contributed by atoms with Crippen LogP contribution in [-0.4, -0.2) is 62.7 Å². The van der Waals surface area contributed by atoms with Gasteiger partial charge in [0.05, 0.1) is 17.6 Å². The summed E-state index contributed by atoms with van der Waals surface area (Å²) in [6.45, 7) is 2.82. The van der Waals surface area contributed by atoms with E-state index in [1.54, 1.807) is 12.1 Å². The minimum atomic E-state index is -3.69. The van der Waals surface area contributed by atoms with Gasteiger partial charge in [-0.25, -0.2) is 8.42 Å². The molecule has 2 aliphatic heterocycles. The molecule has 2 amide bonds. The molecule has 0 unspecified atom stereocenters. The molecule has 2 aromatic carbocycles. The lowest BCUT2D eigenvalue weighted by atomic mass is 10.1. The number of hydrogen-bond acceptors (Lipinski definition) is 5. The van der Waals surface area contributed by atoms with E-state index >= 15 is 0 Å². The average Bonchev–Trinajstić information content (AvgIpc) is 3.28. The number of amides is 2. The van der Waals surface area contributed by atoms with Crippen molar-refractivity contribution in [2.75, 3.05) is 33.3 Å². The Balaban J connectivity index is 1.45. The van der Waals surface area contributed by atoms with Crippen LogP contribution in [0.4, 0.5) is 0 Å². The summed E-state index contributed by atoms with van der Waals surface area (Å²) in [7, 11) is -2.24. The van der Waals surface area contributed by atoms with E-state index in [1.807, 2.05) is 17.0 Å². The molecule has 0 bridgehead atoms. The van der Waals surface area contributed by atoms with Crippen molar-refractivity contribution >= 4 is 21.8 Å². The molecule has 2 aromatic rings. The van der Waals surface area contributed by atoms with E-state index in [4.69, 9.17) is 4.74 Å². The SMILES string of the molecule is COc1ccc(S(=O)(=O)N2CCCCCC2)cc1C(=O)NCc1ccc(C(=O)N2CCCC2)cc1. The van der Waals surface area contributed by atoms with Gasteiger partial charge < -0.3 is 15.0 Å². The van der Waals surface area contributed by atoms with Crippen LogP contribution < -0.4 is 10.1 Å². The second-order valence-electron chi connectivity index (χ2n) is 9.06. The molecule has 0 saturated carbocycles. The summed E-state index contributed by atoms with van der Waals surface area (Å²) in [5.74, 6) is -0.0823. The molecule has 1 N–H and O–H groups in total. The van der Waals surface area contributed by atoms with E-state index in [1.165, 1.54) is 29.6 Å². The van der Waals surface area contributed by atoms with Crippen molar-refractivity contribution in [2.45, 2.75) is 50.0 Å². The van der Waals surface area contributed by atoms with Gasteiger partial charge in [-0.2, -0.15) is 4.31 Å². The Hall–Kier alpha value is -2.91. The van der Waals surface area contributed by atoms with Crippen LogP contribution in [0.5, 0.6) is 5.75 Å². The van der Waals surface area contributed by atoms with Gasteiger partial charge in [-0.1, -0.05) is 25.0 Å². The summed E-state index contributed by atoms with van der Waals surface area (Å²) in [6.07, 6.45) is 5.81. The Morgan fingerprint density at radius 3 is 2.14 bits per heavy atom. The Labute approximate surface area is 207 Å². The smallest absolute Gasteiger partial charge is 0.255 e. The third-order valence-corrected chi connectivity index (χ3v) is 8.56. The lowest BCUT2D eigenvalue weighted by Crippen LogP contribution is -2.32. The van der Waals surface area contributed by atoms with Gasteiger partial charge in [0, 0.05) is 38.3 Å². The van der Waals surface area contributed by atoms with Gasteiger partial charge in [0.1, 0.15) is 5.75 Å². The van der Waals surface area contributed by atoms with Crippen molar-refractivity contribution in [3.05, 3.63) is 59.2 Å². The van der Waals surface area contributed by atoms with Crippen LogP contribution in [0.3, 0.4) is 0 Å². The maximum atomic E-state index is 13.2. The van der Waals surface area contributed by atoms with E-state index in [-0.39, 0.29) is 22.9 Å². The van der Waals surface area contributed by atoms with Gasteiger partial charge in [0.25, 0.3) is 11.8 Å². The first-order valence-electron chi connectivity index (χ1n) is 12.2. The van der Waals surface area contributed by atoms with Gasteiger partial charge in [0.15, 0.2) is 0 Å². The lowest BCUT2D eigenvalue weighted by Gasteiger charge is -2.20. The van der Waals surface area contributed by atoms with Gasteiger partial charge in [-0.15, -0.1) is 0 Å². The highest BCUT2D eigenvalue weighted by atomic mass is 32.2. The minimum absolute atomic E-state index is 0.0326. The number of carbonyl (C=O) groups excluding carboxylic acids is 2. The Morgan fingerprint density at radius 2 is 1.51 bits per heavy atom. The number of methoxy groups -OCH3 is 1. The zero-order valence-corrected chi connectivity index (χ0v) is 21.0. The molecule has 0 spiro atoms. The topological polar surface area (TPSA) is 96.0 Å². The Bertz CT molecular complexity index is 1150. The summed E-state index contributed by atoms with van der Waals surface area (Å²) >= 11 is 0. The number of benzene rings is 2. The molecule has 188 valence electrons. The molecule has 0 atom stereocenters. The predicted octanol–water partition coefficient (Wildman–Crippen LogP) is 3.43. The van der Waals surface area contributed by atoms with Crippen molar-refractivity contribution in [1.82, 2.24) is 14.5 Å². The highest BCUT2D eigenvalue weighted by Crippen LogP contribution is 2.26. The summed E-state index contributed by atoms with van der Waals surface area (Å²) in [5, 5.41) is 2.84. The molecule has 4 rings (SSSR count). The van der Waals surface area contributed by atoms with Crippen LogP contribution in [0.25, 0.3) is 0 Å². The van der Waals surface area contributed by atoms with Gasteiger partial charge in [-0.05, 0) is 61.6 Å². The number of hydrogen-bond donors (Lipinski definition) is 1. The summed E-state index contributed by atoms with van der Waals surface area (Å²) in [6, 6.07) is 11.6. The Kier molecular flexibility index (Phi) is 8.07. The first-order chi connectivity index (χ1) is 16.9. The normalized spacial score (nSPS) is 17.1. The van der Waals surface area contributed by atoms with Crippen molar-refractivity contribution in [1.29, 1.82) is 0 Å². The van der Waals surface area contributed by atoms with Crippen molar-refractivity contribution < 1.29 is 22.7 Å². The second kappa shape index (κ2) is 11.2. The van der Waals surface area contributed by atoms with E-state index in [0.29, 0.717) is 24.4 Å². The van der Waals surface area contributed by atoms with Crippen LogP contribution in [0.15, 0.2) is 47.4 Å². The summed E-state index contributed by atoms with van der Waals surface area (Å²) in [4.78, 5) is 27.5. The molecule has 0 aliphatic carbocycles. The standard InChI is InChI=1S/C26H33N3O5S/c1-34-24-13-12-22(35(32,33)29-16-4-2-3-5-17-29)18-23(24)25(30)27-19-20-8-10-21(11-9-20)26(31)28-14-6-7-15-28/h8-13,18H,2-7,14-17,19H2,1H3,(H,27,30). The molecule has 8 nitrogen and oxygen atoms in total. The quantitative estimate of drug-likeness (QED) is 0.630. The minimum Gasteiger partial charge on any atom is -0.496 e. The molecule has 35 heavy (non-hydrogen) atoms. The number of sulfonamides is 1. The fourth-order valence-corrected chi connectivity index (χ4v) is 6.15. The molecular weight excluding hydrogens is 466 g/mol. The first kappa shape index (κ1) is 25.2. The zero-order chi connectivity index (χ0) is 24.8. The summed E-state index contributed by atoms with van der Waals surface area (Å²) < 4.78 is 33.2. The molecule has 2 heterocycles. The van der Waals surface area contributed by atoms with Crippen LogP contribution in [0.2, 0.25) is 0 Å². The maximum absolute atomic E-state index is 13.2. The highest BCUT2D eigenvalue weighted by Gasteiger charge is 2.27. The summed E-state index contributed by atoms with van der Waals surface area (Å²) in [5.41, 5.74) is 1.64. The van der Waals surface area contributed by atoms with Gasteiger partial charge in [0.2, 0.25) is 10.0 Å².